The maximum Gasteiger partial charge on any atom is 0.420 e. The van der Waals surface area contributed by atoms with Crippen LogP contribution >= 0.6 is 0 Å². The number of alkyl halides is 7. The van der Waals surface area contributed by atoms with Crippen molar-refractivity contribution in [2.75, 3.05) is 18.1 Å². The van der Waals surface area contributed by atoms with Crippen molar-refractivity contribution in [1.82, 2.24) is 0 Å². The van der Waals surface area contributed by atoms with E-state index in [1.54, 1.807) is 0 Å². The van der Waals surface area contributed by atoms with Gasteiger partial charge >= 0.3 is 12.1 Å². The third-order valence-corrected chi connectivity index (χ3v) is 10.7. The topological polar surface area (TPSA) is 83.9 Å². The minimum absolute atomic E-state index is 0.140. The Morgan fingerprint density at radius 3 is 2.23 bits per heavy atom. The molecule has 1 saturated carbocycles. The lowest BCUT2D eigenvalue weighted by atomic mass is 9.86. The Kier molecular flexibility index (Phi) is 8.76. The molecule has 0 saturated heterocycles. The molecule has 0 bridgehead atoms. The number of sulfone groups is 1. The smallest absolute Gasteiger partial charge is 0.420 e. The van der Waals surface area contributed by atoms with E-state index < -0.39 is 98.5 Å². The normalized spacial score (nSPS) is 23.7. The first kappa shape index (κ1) is 32.3. The second kappa shape index (κ2) is 10.9. The van der Waals surface area contributed by atoms with Gasteiger partial charge in [-0.15, -0.1) is 0 Å². The Morgan fingerprint density at radius 1 is 1.15 bits per heavy atom. The van der Waals surface area contributed by atoms with Crippen LogP contribution < -0.4 is 9.64 Å². The zero-order chi connectivity index (χ0) is 30.5. The molecular weight excluding hydrogens is 571 g/mol. The molecule has 1 heterocycles. The molecule has 2 atom stereocenters. The molecule has 6 nitrogen and oxygen atoms in total. The van der Waals surface area contributed by atoms with Crippen LogP contribution in [0.15, 0.2) is 17.0 Å². The SMILES string of the molecule is C[C@H](COc1cc2c(cc1C(F)(F)F)N(C1CCC(F)(F)CC1)C[C@H](CCC(C)(F)F)C(C)(C)S2(=O)=O)C(=O)O. The van der Waals surface area contributed by atoms with Gasteiger partial charge in [0.2, 0.25) is 11.8 Å². The molecule has 1 fully saturated rings. The van der Waals surface area contributed by atoms with Crippen molar-refractivity contribution in [2.45, 2.75) is 99.9 Å². The zero-order valence-corrected chi connectivity index (χ0v) is 23.4. The van der Waals surface area contributed by atoms with Gasteiger partial charge in [-0.1, -0.05) is 0 Å². The van der Waals surface area contributed by atoms with Crippen LogP contribution in [-0.4, -0.2) is 55.3 Å². The Balaban J connectivity index is 2.23. The second-order valence-electron chi connectivity index (χ2n) is 11.5. The van der Waals surface area contributed by atoms with E-state index in [0.717, 1.165) is 0 Å². The summed E-state index contributed by atoms with van der Waals surface area (Å²) in [7, 11) is -4.51. The van der Waals surface area contributed by atoms with Crippen molar-refractivity contribution in [3.63, 3.8) is 0 Å². The molecule has 0 amide bonds. The monoisotopic (exact) mass is 605 g/mol. The molecule has 3 rings (SSSR count). The molecule has 0 unspecified atom stereocenters. The van der Waals surface area contributed by atoms with Crippen LogP contribution in [0.4, 0.5) is 36.4 Å². The average Bonchev–Trinajstić information content (AvgIpc) is 2.86. The number of benzene rings is 1. The molecule has 228 valence electrons. The molecule has 1 N–H and O–H groups in total. The minimum atomic E-state index is -5.04. The lowest BCUT2D eigenvalue weighted by molar-refractivity contribution is -0.142. The minimum Gasteiger partial charge on any atom is -0.492 e. The van der Waals surface area contributed by atoms with Gasteiger partial charge in [-0.2, -0.15) is 13.2 Å². The van der Waals surface area contributed by atoms with Crippen molar-refractivity contribution >= 4 is 21.5 Å². The summed E-state index contributed by atoms with van der Waals surface area (Å²) < 4.78 is 130. The lowest BCUT2D eigenvalue weighted by Crippen LogP contribution is -2.47. The standard InChI is InChI=1S/C26H34F7NO5S/c1-15(22(35)36)14-39-20-12-21-19(11-18(20)26(31,32)33)34(17-6-9-25(29,30)10-7-17)13-16(5-8-24(4,27)28)23(2,3)40(21,37)38/h11-12,15-17H,5-10,13-14H2,1-4H3,(H,35,36)/t15-,16+/m1/s1. The lowest BCUT2D eigenvalue weighted by Gasteiger charge is -2.41. The van der Waals surface area contributed by atoms with Crippen LogP contribution in [0, 0.1) is 11.8 Å². The molecule has 1 aliphatic heterocycles. The Morgan fingerprint density at radius 2 is 1.73 bits per heavy atom. The van der Waals surface area contributed by atoms with Gasteiger partial charge in [0.15, 0.2) is 9.84 Å². The van der Waals surface area contributed by atoms with Crippen molar-refractivity contribution in [2.24, 2.45) is 11.8 Å². The number of nitrogens with zero attached hydrogens (tertiary/aromatic N) is 1. The average molecular weight is 606 g/mol. The molecule has 14 heteroatoms. The highest BCUT2D eigenvalue weighted by Crippen LogP contribution is 2.50. The summed E-state index contributed by atoms with van der Waals surface area (Å²) in [5.74, 6) is -10.5. The van der Waals surface area contributed by atoms with Crippen LogP contribution in [0.3, 0.4) is 0 Å². The second-order valence-corrected chi connectivity index (χ2v) is 14.0. The number of carboxylic acid groups (broad SMARTS) is 1. The fraction of sp³-hybridized carbons (Fsp3) is 0.731. The number of hydrogen-bond acceptors (Lipinski definition) is 5. The number of hydrogen-bond donors (Lipinski definition) is 1. The van der Waals surface area contributed by atoms with Gasteiger partial charge in [-0.25, -0.2) is 26.0 Å². The van der Waals surface area contributed by atoms with E-state index >= 15 is 0 Å². The molecule has 0 spiro atoms. The van der Waals surface area contributed by atoms with Gasteiger partial charge in [0, 0.05) is 37.9 Å². The summed E-state index contributed by atoms with van der Waals surface area (Å²) in [6.07, 6.45) is -7.40. The van der Waals surface area contributed by atoms with Crippen molar-refractivity contribution in [3.05, 3.63) is 17.7 Å². The highest BCUT2D eigenvalue weighted by atomic mass is 32.2. The molecular formula is C26H34F7NO5S. The number of fused-ring (bicyclic) bond motifs is 1. The summed E-state index contributed by atoms with van der Waals surface area (Å²) in [6.45, 7) is 3.59. The molecule has 0 radical (unpaired) electrons. The molecule has 40 heavy (non-hydrogen) atoms. The predicted octanol–water partition coefficient (Wildman–Crippen LogP) is 6.81. The van der Waals surface area contributed by atoms with Gasteiger partial charge in [-0.05, 0) is 58.9 Å². The first-order chi connectivity index (χ1) is 18.1. The Labute approximate surface area is 228 Å². The van der Waals surface area contributed by atoms with Gasteiger partial charge < -0.3 is 14.7 Å². The highest BCUT2D eigenvalue weighted by molar-refractivity contribution is 7.93. The number of carbonyl (C=O) groups is 1. The van der Waals surface area contributed by atoms with Crippen LogP contribution in [-0.2, 0) is 20.8 Å². The largest absolute Gasteiger partial charge is 0.492 e. The Bertz CT molecular complexity index is 1200. The first-order valence-electron chi connectivity index (χ1n) is 12.9. The summed E-state index contributed by atoms with van der Waals surface area (Å²) in [6, 6.07) is 0.533. The van der Waals surface area contributed by atoms with E-state index in [4.69, 9.17) is 9.84 Å². The van der Waals surface area contributed by atoms with Crippen molar-refractivity contribution < 1.29 is 53.8 Å². The summed E-state index contributed by atoms with van der Waals surface area (Å²) >= 11 is 0. The van der Waals surface area contributed by atoms with Gasteiger partial charge in [0.25, 0.3) is 0 Å². The summed E-state index contributed by atoms with van der Waals surface area (Å²) in [5.41, 5.74) is -1.72. The third kappa shape index (κ3) is 6.79. The number of halogens is 7. The van der Waals surface area contributed by atoms with E-state index in [-0.39, 0.29) is 31.5 Å². The molecule has 1 aliphatic carbocycles. The molecule has 2 aliphatic rings. The van der Waals surface area contributed by atoms with Crippen LogP contribution in [0.25, 0.3) is 0 Å². The number of rotatable bonds is 8. The van der Waals surface area contributed by atoms with E-state index in [9.17, 15) is 43.9 Å². The Hall–Kier alpha value is -2.25. The van der Waals surface area contributed by atoms with E-state index in [1.165, 1.54) is 25.7 Å². The maximum absolute atomic E-state index is 14.2. The van der Waals surface area contributed by atoms with Gasteiger partial charge in [0.1, 0.15) is 12.4 Å². The third-order valence-electron chi connectivity index (χ3n) is 8.03. The van der Waals surface area contributed by atoms with Crippen molar-refractivity contribution in [3.8, 4) is 5.75 Å². The molecule has 1 aromatic carbocycles. The zero-order valence-electron chi connectivity index (χ0n) is 22.6. The van der Waals surface area contributed by atoms with Crippen molar-refractivity contribution in [1.29, 1.82) is 0 Å². The molecule has 1 aromatic rings. The van der Waals surface area contributed by atoms with Crippen LogP contribution in [0.5, 0.6) is 5.75 Å². The van der Waals surface area contributed by atoms with E-state index in [2.05, 4.69) is 0 Å². The highest BCUT2D eigenvalue weighted by Gasteiger charge is 2.51. The number of carboxylic acids is 1. The maximum atomic E-state index is 14.2. The van der Waals surface area contributed by atoms with E-state index in [0.29, 0.717) is 19.1 Å². The predicted molar refractivity (Wildman–Crippen MR) is 133 cm³/mol. The fourth-order valence-electron chi connectivity index (χ4n) is 5.22. The quantitative estimate of drug-likeness (QED) is 0.328. The summed E-state index contributed by atoms with van der Waals surface area (Å²) in [5, 5.41) is 9.11. The van der Waals surface area contributed by atoms with Crippen LogP contribution in [0.1, 0.15) is 71.8 Å². The van der Waals surface area contributed by atoms with E-state index in [1.807, 2.05) is 0 Å². The van der Waals surface area contributed by atoms with Gasteiger partial charge in [-0.3, -0.25) is 4.79 Å². The first-order valence-corrected chi connectivity index (χ1v) is 14.4. The fourth-order valence-corrected chi connectivity index (χ4v) is 7.14. The number of anilines is 1. The van der Waals surface area contributed by atoms with Crippen LogP contribution in [0.2, 0.25) is 0 Å². The number of ether oxygens (including phenoxy) is 1. The molecule has 0 aromatic heterocycles. The summed E-state index contributed by atoms with van der Waals surface area (Å²) in [4.78, 5) is 12.0. The van der Waals surface area contributed by atoms with Gasteiger partial charge in [0.05, 0.1) is 26.8 Å². The number of aliphatic carboxylic acids is 1.